The Balaban J connectivity index is 1.67. The molecule has 3 rings (SSSR count). The fraction of sp³-hybridized carbons (Fsp3) is 0.474. The molecule has 2 heterocycles. The topological polar surface area (TPSA) is 118 Å². The fourth-order valence-corrected chi connectivity index (χ4v) is 3.19. The van der Waals surface area contributed by atoms with E-state index in [9.17, 15) is 10.1 Å². The summed E-state index contributed by atoms with van der Waals surface area (Å²) in [7, 11) is 5.21. The average molecular weight is 417 g/mol. The normalized spacial score (nSPS) is 14.9. The van der Waals surface area contributed by atoms with Crippen molar-refractivity contribution in [1.82, 2.24) is 19.9 Å². The van der Waals surface area contributed by atoms with E-state index in [4.69, 9.17) is 9.47 Å². The lowest BCUT2D eigenvalue weighted by atomic mass is 10.1. The van der Waals surface area contributed by atoms with E-state index in [2.05, 4.69) is 25.6 Å². The molecule has 0 bridgehead atoms. The summed E-state index contributed by atoms with van der Waals surface area (Å²) in [6, 6.07) is 5.65. The third-order valence-electron chi connectivity index (χ3n) is 4.93. The van der Waals surface area contributed by atoms with Crippen LogP contribution in [0.5, 0.6) is 11.5 Å². The number of aromatic nitrogens is 2. The maximum Gasteiger partial charge on any atom is 0.354 e. The average Bonchev–Trinajstić information content (AvgIpc) is 2.75. The number of nitrogens with zero attached hydrogens (tertiary/aromatic N) is 5. The standard InChI is InChI=1S/C19H27N7O4/c1-24-8-10-25(11-9-24)23-19-17(26(27)28)18(21-13-22-19)20-7-6-14-4-5-15(29-2)16(12-14)30-3/h4-5,12-13H,6-11H2,1-3H3,(H2,20,21,22,23). The van der Waals surface area contributed by atoms with Gasteiger partial charge in [0.15, 0.2) is 11.5 Å². The second kappa shape index (κ2) is 10.0. The Labute approximate surface area is 175 Å². The van der Waals surface area contributed by atoms with Crippen LogP contribution in [0.25, 0.3) is 0 Å². The second-order valence-electron chi connectivity index (χ2n) is 6.94. The fourth-order valence-electron chi connectivity index (χ4n) is 3.19. The van der Waals surface area contributed by atoms with Crippen LogP contribution in [0.3, 0.4) is 0 Å². The molecule has 0 amide bonds. The number of methoxy groups -OCH3 is 2. The molecule has 0 unspecified atom stereocenters. The van der Waals surface area contributed by atoms with Gasteiger partial charge in [0.2, 0.25) is 11.6 Å². The van der Waals surface area contributed by atoms with Gasteiger partial charge in [0.05, 0.1) is 19.1 Å². The molecule has 1 aliphatic rings. The molecule has 2 N–H and O–H groups in total. The molecule has 0 spiro atoms. The summed E-state index contributed by atoms with van der Waals surface area (Å²) in [5, 5.41) is 16.7. The minimum atomic E-state index is -0.461. The van der Waals surface area contributed by atoms with Crippen LogP contribution in [-0.4, -0.2) is 78.8 Å². The first-order chi connectivity index (χ1) is 14.5. The van der Waals surface area contributed by atoms with Crippen LogP contribution in [0.2, 0.25) is 0 Å². The molecule has 162 valence electrons. The Morgan fingerprint density at radius 3 is 2.47 bits per heavy atom. The predicted octanol–water partition coefficient (Wildman–Crippen LogP) is 1.63. The number of hydrazine groups is 1. The molecule has 1 aromatic carbocycles. The highest BCUT2D eigenvalue weighted by molar-refractivity contribution is 5.68. The Morgan fingerprint density at radius 2 is 1.80 bits per heavy atom. The van der Waals surface area contributed by atoms with Crippen LogP contribution in [-0.2, 0) is 6.42 Å². The number of piperazine rings is 1. The SMILES string of the molecule is COc1ccc(CCNc2ncnc(NN3CCN(C)CC3)c2[N+](=O)[O-])cc1OC. The van der Waals surface area contributed by atoms with Crippen LogP contribution < -0.4 is 20.2 Å². The van der Waals surface area contributed by atoms with Crippen molar-refractivity contribution in [3.63, 3.8) is 0 Å². The largest absolute Gasteiger partial charge is 0.493 e. The van der Waals surface area contributed by atoms with Crippen molar-refractivity contribution in [2.24, 2.45) is 0 Å². The van der Waals surface area contributed by atoms with Gasteiger partial charge < -0.3 is 19.7 Å². The molecule has 11 nitrogen and oxygen atoms in total. The first kappa shape index (κ1) is 21.5. The zero-order valence-corrected chi connectivity index (χ0v) is 17.4. The van der Waals surface area contributed by atoms with Crippen LogP contribution in [0.4, 0.5) is 17.3 Å². The first-order valence-electron chi connectivity index (χ1n) is 9.66. The summed E-state index contributed by atoms with van der Waals surface area (Å²) in [5.41, 5.74) is 3.91. The molecule has 0 atom stereocenters. The lowest BCUT2D eigenvalue weighted by Gasteiger charge is -2.32. The van der Waals surface area contributed by atoms with E-state index in [1.54, 1.807) is 14.2 Å². The number of likely N-dealkylation sites (N-methyl/N-ethyl adjacent to an activating group) is 1. The summed E-state index contributed by atoms with van der Waals surface area (Å²) in [6.45, 7) is 3.71. The molecule has 2 aromatic rings. The quantitative estimate of drug-likeness (QED) is 0.460. The van der Waals surface area contributed by atoms with Crippen molar-refractivity contribution in [2.45, 2.75) is 6.42 Å². The number of nitro groups is 1. The van der Waals surface area contributed by atoms with E-state index in [1.807, 2.05) is 30.3 Å². The van der Waals surface area contributed by atoms with Crippen molar-refractivity contribution in [2.75, 3.05) is 64.7 Å². The van der Waals surface area contributed by atoms with E-state index in [0.29, 0.717) is 24.5 Å². The Bertz CT molecular complexity index is 872. The number of ether oxygens (including phenoxy) is 2. The number of rotatable bonds is 9. The van der Waals surface area contributed by atoms with Gasteiger partial charge in [-0.15, -0.1) is 0 Å². The lowest BCUT2D eigenvalue weighted by molar-refractivity contribution is -0.383. The Hall–Kier alpha value is -3.18. The molecular weight excluding hydrogens is 390 g/mol. The van der Waals surface area contributed by atoms with Crippen LogP contribution in [0.1, 0.15) is 5.56 Å². The molecule has 0 aliphatic carbocycles. The molecule has 11 heteroatoms. The number of anilines is 2. The van der Waals surface area contributed by atoms with Gasteiger partial charge in [0.25, 0.3) is 0 Å². The first-order valence-corrected chi connectivity index (χ1v) is 9.66. The van der Waals surface area contributed by atoms with Crippen LogP contribution in [0, 0.1) is 10.1 Å². The Morgan fingerprint density at radius 1 is 1.10 bits per heavy atom. The van der Waals surface area contributed by atoms with Crippen LogP contribution >= 0.6 is 0 Å². The second-order valence-corrected chi connectivity index (χ2v) is 6.94. The molecule has 1 aliphatic heterocycles. The van der Waals surface area contributed by atoms with Crippen molar-refractivity contribution in [3.05, 3.63) is 40.2 Å². The smallest absolute Gasteiger partial charge is 0.354 e. The zero-order chi connectivity index (χ0) is 21.5. The molecule has 0 saturated carbocycles. The summed E-state index contributed by atoms with van der Waals surface area (Å²) >= 11 is 0. The minimum absolute atomic E-state index is 0.163. The number of nitrogens with one attached hydrogen (secondary N) is 2. The summed E-state index contributed by atoms with van der Waals surface area (Å²) in [4.78, 5) is 21.6. The number of hydrogen-bond donors (Lipinski definition) is 2. The van der Waals surface area contributed by atoms with Gasteiger partial charge in [-0.3, -0.25) is 15.5 Å². The Kier molecular flexibility index (Phi) is 7.20. The van der Waals surface area contributed by atoms with Gasteiger partial charge in [-0.2, -0.15) is 0 Å². The van der Waals surface area contributed by atoms with E-state index < -0.39 is 4.92 Å². The molecule has 1 aromatic heterocycles. The lowest BCUT2D eigenvalue weighted by Crippen LogP contribution is -2.47. The van der Waals surface area contributed by atoms with Gasteiger partial charge in [-0.25, -0.2) is 15.0 Å². The highest BCUT2D eigenvalue weighted by Crippen LogP contribution is 2.30. The molecule has 1 fully saturated rings. The summed E-state index contributed by atoms with van der Waals surface area (Å²) in [6.07, 6.45) is 1.95. The summed E-state index contributed by atoms with van der Waals surface area (Å²) < 4.78 is 10.6. The van der Waals surface area contributed by atoms with Gasteiger partial charge in [0, 0.05) is 32.7 Å². The van der Waals surface area contributed by atoms with Gasteiger partial charge in [0.1, 0.15) is 6.33 Å². The molecule has 0 radical (unpaired) electrons. The van der Waals surface area contributed by atoms with Crippen molar-refractivity contribution in [1.29, 1.82) is 0 Å². The van der Waals surface area contributed by atoms with Gasteiger partial charge in [-0.05, 0) is 31.2 Å². The van der Waals surface area contributed by atoms with Gasteiger partial charge >= 0.3 is 5.69 Å². The predicted molar refractivity (Wildman–Crippen MR) is 113 cm³/mol. The van der Waals surface area contributed by atoms with Crippen LogP contribution in [0.15, 0.2) is 24.5 Å². The van der Waals surface area contributed by atoms with Crippen molar-refractivity contribution >= 4 is 17.3 Å². The number of hydrogen-bond acceptors (Lipinski definition) is 10. The summed E-state index contributed by atoms with van der Waals surface area (Å²) in [5.74, 6) is 1.67. The number of benzene rings is 1. The van der Waals surface area contributed by atoms with E-state index in [-0.39, 0.29) is 17.3 Å². The van der Waals surface area contributed by atoms with E-state index in [0.717, 1.165) is 31.7 Å². The third kappa shape index (κ3) is 5.24. The van der Waals surface area contributed by atoms with Crippen molar-refractivity contribution in [3.8, 4) is 11.5 Å². The van der Waals surface area contributed by atoms with E-state index in [1.165, 1.54) is 6.33 Å². The molecule has 1 saturated heterocycles. The maximum absolute atomic E-state index is 11.7. The van der Waals surface area contributed by atoms with Gasteiger partial charge in [-0.1, -0.05) is 6.07 Å². The third-order valence-corrected chi connectivity index (χ3v) is 4.93. The minimum Gasteiger partial charge on any atom is -0.493 e. The van der Waals surface area contributed by atoms with E-state index >= 15 is 0 Å². The monoisotopic (exact) mass is 417 g/mol. The zero-order valence-electron chi connectivity index (χ0n) is 17.4. The van der Waals surface area contributed by atoms with Crippen molar-refractivity contribution < 1.29 is 14.4 Å². The highest BCUT2D eigenvalue weighted by atomic mass is 16.6. The molecular formula is C19H27N7O4. The molecule has 30 heavy (non-hydrogen) atoms. The highest BCUT2D eigenvalue weighted by Gasteiger charge is 2.25. The maximum atomic E-state index is 11.7.